The van der Waals surface area contributed by atoms with E-state index in [1.54, 1.807) is 117 Å². The van der Waals surface area contributed by atoms with E-state index < -0.39 is 87.8 Å². The summed E-state index contributed by atoms with van der Waals surface area (Å²) in [6, 6.07) is 0. The van der Waals surface area contributed by atoms with E-state index in [1.165, 1.54) is 49.8 Å². The average Bonchev–Trinajstić information content (AvgIpc) is 1.19. The number of hydrogen-bond acceptors (Lipinski definition) is 52. The van der Waals surface area contributed by atoms with E-state index in [2.05, 4.69) is 111 Å². The predicted molar refractivity (Wildman–Crippen MR) is 534 cm³/mol. The Morgan fingerprint density at radius 1 is 0.340 bits per heavy atom. The van der Waals surface area contributed by atoms with E-state index in [1.807, 2.05) is 9.13 Å². The molecule has 0 unspecified atom stereocenters. The molecule has 0 spiro atoms. The summed E-state index contributed by atoms with van der Waals surface area (Å²) in [6.07, 6.45) is 16.1. The molecule has 0 fully saturated rings. The van der Waals surface area contributed by atoms with Gasteiger partial charge in [-0.05, 0) is 102 Å². The Kier molecular flexibility index (Phi) is 50.6. The minimum Gasteiger partial charge on any atom is -0.465 e. The van der Waals surface area contributed by atoms with Gasteiger partial charge >= 0.3 is 77.6 Å². The first-order valence-electron chi connectivity index (χ1n) is 46.7. The van der Waals surface area contributed by atoms with Gasteiger partial charge in [0.2, 0.25) is 35.7 Å². The second-order valence-electron chi connectivity index (χ2n) is 30.7. The van der Waals surface area contributed by atoms with Crippen molar-refractivity contribution in [1.29, 1.82) is 0 Å². The number of nitrogens with two attached hydrogens (primary N) is 6. The molecular weight excluding hydrogens is 2090 g/mol. The number of ether oxygens (including phenoxy) is 13. The van der Waals surface area contributed by atoms with Crippen LogP contribution in [0.3, 0.4) is 0 Å². The summed E-state index contributed by atoms with van der Waals surface area (Å²) < 4.78 is 72.9. The molecular formula is C89H121BrCl2N30O28. The van der Waals surface area contributed by atoms with Gasteiger partial charge in [-0.25, -0.2) is 49.8 Å². The lowest BCUT2D eigenvalue weighted by Crippen LogP contribution is -2.50. The van der Waals surface area contributed by atoms with Crippen LogP contribution in [-0.2, 0) is 157 Å². The third-order valence-corrected chi connectivity index (χ3v) is 21.6. The number of nitrogens with zero attached hydrogens (tertiary/aromatic N) is 23. The van der Waals surface area contributed by atoms with E-state index in [0.29, 0.717) is 93.4 Å². The number of H-pyrrole nitrogens is 1. The van der Waals surface area contributed by atoms with Crippen LogP contribution in [0.15, 0.2) is 62.8 Å². The Balaban J connectivity index is 0.000000271. The summed E-state index contributed by atoms with van der Waals surface area (Å²) in [6.45, 7) is 22.5. The number of aliphatic hydroxyl groups is 2. The average molecular weight is 2210 g/mol. The summed E-state index contributed by atoms with van der Waals surface area (Å²) in [5, 5.41) is 18.6. The number of aromatic amines is 1. The largest absolute Gasteiger partial charge is 0.465 e. The fourth-order valence-electron chi connectivity index (χ4n) is 13.4. The number of nitrogen functional groups attached to an aromatic ring is 6. The Morgan fingerprint density at radius 3 is 0.933 bits per heavy atom. The number of carbonyl (C=O) groups excluding carboxylic acids is 13. The number of alkyl halides is 1. The highest BCUT2D eigenvalue weighted by molar-refractivity contribution is 9.09. The monoisotopic (exact) mass is 2210 g/mol. The Morgan fingerprint density at radius 2 is 0.620 bits per heavy atom. The van der Waals surface area contributed by atoms with Gasteiger partial charge in [0.25, 0.3) is 16.2 Å². The molecule has 0 radical (unpaired) electrons. The molecule has 12 rings (SSSR count). The summed E-state index contributed by atoms with van der Waals surface area (Å²) in [4.78, 5) is 233. The van der Waals surface area contributed by atoms with Crippen LogP contribution in [0.1, 0.15) is 129 Å². The van der Waals surface area contributed by atoms with Gasteiger partial charge in [0.1, 0.15) is 33.1 Å². The molecule has 0 bridgehead atoms. The van der Waals surface area contributed by atoms with E-state index in [4.69, 9.17) is 129 Å². The van der Waals surface area contributed by atoms with Crippen molar-refractivity contribution in [2.75, 3.05) is 139 Å². The van der Waals surface area contributed by atoms with Crippen LogP contribution in [-0.4, -0.2) is 310 Å². The summed E-state index contributed by atoms with van der Waals surface area (Å²) >= 11 is 14.8. The number of fused-ring (bicyclic) bond motifs is 6. The summed E-state index contributed by atoms with van der Waals surface area (Å²) in [5.74, 6) is -11.5. The van der Waals surface area contributed by atoms with E-state index in [-0.39, 0.29) is 219 Å². The van der Waals surface area contributed by atoms with Crippen LogP contribution in [0.4, 0.5) is 35.7 Å². The molecule has 150 heavy (non-hydrogen) atoms. The number of carbonyl (C=O) groups is 13. The van der Waals surface area contributed by atoms with Crippen LogP contribution < -0.4 is 34.4 Å². The molecule has 61 heteroatoms. The smallest absolute Gasteiger partial charge is 0.335 e. The number of hydrogen-bond donors (Lipinski definition) is 9. The second-order valence-corrected chi connectivity index (χ2v) is 32.2. The van der Waals surface area contributed by atoms with E-state index >= 15 is 0 Å². The lowest BCUT2D eigenvalue weighted by atomic mass is 9.84. The fraction of sp³-hybridized carbons (Fsp3) is 0.517. The van der Waals surface area contributed by atoms with Crippen molar-refractivity contribution in [3.63, 3.8) is 0 Å². The minimum absolute atomic E-state index is 0.0167. The first kappa shape index (κ1) is 123. The lowest BCUT2D eigenvalue weighted by molar-refractivity contribution is -0.187. The van der Waals surface area contributed by atoms with Crippen molar-refractivity contribution >= 4 is 219 Å². The van der Waals surface area contributed by atoms with Gasteiger partial charge in [0.15, 0.2) is 50.1 Å². The number of aromatic nitrogens is 24. The standard InChI is InChI=1S/C17H22ClN5O6.C17H23N5O6.2C14H19N5O4.C12H19BrO6.C10H15N5O2.C5H4ClN5/c1-4-27-13(24)17(14(25)28-5-2,15(26)29-6-3)7-8-23-9-20-10-11(18)21-16(19)22-12(10)23;1-4-26-13(23)17(14(24)27-5-2,15(25)28-6-3)7-8-22-10-20-11-9-19-16(18)21-12(11)22;1-9(20)22-6-11(7-23-10(2)21)3-4-19-8-17-12-5-16-14(15)18-13(12)19;1-3-22-12(20)9(13(21)23-4-2)5-6-19-8-17-10-7-16-14(15)18-11(10)19;1-4-17-9(14)12(7-8-13,10(15)18-5-2)11(16)19-6-3;11-10-12-3-8-9(14-10)15(6-13-8)2-1-7(4-16)5-17;6-3-2-4(9-1-8-2)11-5(7)10-3/h9H,4-8H2,1-3H3,(H2,19,21,22);9-10H,4-8H2,1-3H3,(H2,18,19,21);5,8,11H,3-4,6-7H2,1-2H3,(H2,15,16,18);7-9H,3-6H2,1-2H3,(H2,15,16,18);4-8H2,1-3H3;3,6-7,16-17H,1-2,4-5H2,(H2,11,12,14);1H,(H3,7,8,9,10,11). The number of anilines is 6. The number of halogens is 3. The maximum atomic E-state index is 12.7. The molecule has 0 atom stereocenters. The first-order chi connectivity index (χ1) is 71.7. The highest BCUT2D eigenvalue weighted by atomic mass is 79.9. The Labute approximate surface area is 873 Å². The molecule has 0 aliphatic rings. The maximum absolute atomic E-state index is 12.7. The molecule has 0 amide bonds. The second kappa shape index (κ2) is 61.7. The molecule has 0 aliphatic carbocycles. The number of aliphatic hydroxyl groups excluding tert-OH is 2. The van der Waals surface area contributed by atoms with Gasteiger partial charge in [-0.2, -0.15) is 39.9 Å². The van der Waals surface area contributed by atoms with Crippen LogP contribution in [0, 0.1) is 34.0 Å². The van der Waals surface area contributed by atoms with Crippen molar-refractivity contribution in [1.82, 2.24) is 118 Å². The fourth-order valence-corrected chi connectivity index (χ4v) is 14.4. The third kappa shape index (κ3) is 33.9. The molecule has 0 aliphatic heterocycles. The molecule has 0 saturated carbocycles. The molecule has 12 aromatic heterocycles. The van der Waals surface area contributed by atoms with Crippen LogP contribution in [0.5, 0.6) is 0 Å². The Bertz CT molecular complexity index is 6350. The van der Waals surface area contributed by atoms with Gasteiger partial charge in [-0.3, -0.25) is 62.3 Å². The normalized spacial score (nSPS) is 11.1. The highest BCUT2D eigenvalue weighted by Crippen LogP contribution is 2.35. The van der Waals surface area contributed by atoms with Crippen LogP contribution in [0.2, 0.25) is 10.3 Å². The lowest BCUT2D eigenvalue weighted by Gasteiger charge is -2.27. The van der Waals surface area contributed by atoms with Gasteiger partial charge < -0.3 is 134 Å². The molecule has 816 valence electrons. The number of nitrogens with one attached hydrogen (secondary N) is 1. The topological polar surface area (TPSA) is 811 Å². The molecule has 58 nitrogen and oxygen atoms in total. The van der Waals surface area contributed by atoms with Crippen molar-refractivity contribution in [3.8, 4) is 0 Å². The third-order valence-electron chi connectivity index (χ3n) is 20.7. The van der Waals surface area contributed by atoms with Crippen molar-refractivity contribution in [2.24, 2.45) is 34.0 Å². The van der Waals surface area contributed by atoms with E-state index in [0.717, 1.165) is 0 Å². The molecule has 12 aromatic rings. The summed E-state index contributed by atoms with van der Waals surface area (Å²) in [7, 11) is 0. The minimum atomic E-state index is -2.29. The van der Waals surface area contributed by atoms with Crippen LogP contribution in [0.25, 0.3) is 67.0 Å². The van der Waals surface area contributed by atoms with Gasteiger partial charge in [0.05, 0.1) is 149 Å². The molecule has 0 aromatic carbocycles. The Hall–Kier alpha value is -15.8. The van der Waals surface area contributed by atoms with Crippen molar-refractivity contribution in [3.05, 3.63) is 73.1 Å². The number of imidazole rings is 6. The molecule has 15 N–H and O–H groups in total. The van der Waals surface area contributed by atoms with Gasteiger partial charge in [-0.1, -0.05) is 39.1 Å². The number of rotatable bonds is 45. The van der Waals surface area contributed by atoms with E-state index in [9.17, 15) is 62.3 Å². The summed E-state index contributed by atoms with van der Waals surface area (Å²) in [5.41, 5.74) is 33.0. The maximum Gasteiger partial charge on any atom is 0.335 e. The quantitative estimate of drug-likeness (QED) is 0.00852. The van der Waals surface area contributed by atoms with Crippen molar-refractivity contribution < 1.29 is 134 Å². The first-order valence-corrected chi connectivity index (χ1v) is 48.6. The zero-order chi connectivity index (χ0) is 111. The highest BCUT2D eigenvalue weighted by Gasteiger charge is 2.59. The SMILES string of the molecule is CC(=O)OCC(CCn1cnc2cnc(N)nc21)COC(C)=O.CCOC(=O)C(CCBr)(C(=O)OCC)C(=O)OCC.CCOC(=O)C(CCn1cnc2c(Cl)nc(N)nc21)(C(=O)OCC)C(=O)OCC.CCOC(=O)C(CCn1cnc2cnc(N)nc21)(C(=O)OCC)C(=O)OCC.CCOC(=O)C(CCn1cnc2cnc(N)nc21)C(=O)OCC.Nc1nc(Cl)c2[nH]cnc2n1.Nc1ncc2ncn(CCC(CO)CO)c2n1. The van der Waals surface area contributed by atoms with Gasteiger partial charge in [0, 0.05) is 89.8 Å². The number of esters is 13. The van der Waals surface area contributed by atoms with Crippen LogP contribution >= 0.6 is 39.1 Å². The zero-order valence-electron chi connectivity index (χ0n) is 84.5. The zero-order valence-corrected chi connectivity index (χ0v) is 87.6. The number of aryl methyl sites for hydroxylation is 5. The van der Waals surface area contributed by atoms with Crippen molar-refractivity contribution in [2.45, 2.75) is 161 Å². The predicted octanol–water partition coefficient (Wildman–Crippen LogP) is 4.12. The molecule has 0 saturated heterocycles. The molecule has 12 heterocycles. The van der Waals surface area contributed by atoms with Gasteiger partial charge in [-0.15, -0.1) is 0 Å².